The zero-order chi connectivity index (χ0) is 10.6. The van der Waals surface area contributed by atoms with Gasteiger partial charge in [-0.05, 0) is 29.0 Å². The molecule has 0 bridgehead atoms. The summed E-state index contributed by atoms with van der Waals surface area (Å²) in [6.07, 6.45) is 0. The fraction of sp³-hybridized carbons (Fsp3) is 0.250. The summed E-state index contributed by atoms with van der Waals surface area (Å²) in [7, 11) is 0. The Morgan fingerprint density at radius 2 is 2.36 bits per heavy atom. The summed E-state index contributed by atoms with van der Waals surface area (Å²) in [5, 5.41) is 10.3. The number of ether oxygens (including phenoxy) is 1. The second-order valence-corrected chi connectivity index (χ2v) is 2.36. The van der Waals surface area contributed by atoms with Crippen LogP contribution >= 0.6 is 0 Å². The normalized spacial score (nSPS) is 9.50. The third-order valence-corrected chi connectivity index (χ3v) is 1.41. The highest BCUT2D eigenvalue weighted by atomic mass is 16.6. The molecule has 0 amide bonds. The number of nitro groups is 1. The smallest absolute Gasteiger partial charge is 0.383 e. The zero-order valence-electron chi connectivity index (χ0n) is 7.47. The number of carbonyl (C=O) groups is 1. The highest BCUT2D eigenvalue weighted by molar-refractivity contribution is 5.87. The second kappa shape index (κ2) is 4.31. The lowest BCUT2D eigenvalue weighted by atomic mass is 10.3. The molecule has 1 rings (SSSR count). The lowest BCUT2D eigenvalue weighted by Crippen LogP contribution is -2.07. The van der Waals surface area contributed by atoms with Gasteiger partial charge in [0.2, 0.25) is 0 Å². The van der Waals surface area contributed by atoms with Gasteiger partial charge in [0.15, 0.2) is 0 Å². The molecular formula is C8H8N2O4. The Balaban J connectivity index is 2.93. The van der Waals surface area contributed by atoms with E-state index in [4.69, 9.17) is 0 Å². The van der Waals surface area contributed by atoms with E-state index in [1.54, 1.807) is 6.92 Å². The number of aromatic nitrogens is 1. The quantitative estimate of drug-likeness (QED) is 0.411. The van der Waals surface area contributed by atoms with Gasteiger partial charge in [-0.25, -0.2) is 4.79 Å². The first kappa shape index (κ1) is 10.1. The Bertz CT molecular complexity index is 364. The number of hydrogen-bond acceptors (Lipinski definition) is 5. The molecule has 1 aromatic heterocycles. The van der Waals surface area contributed by atoms with Crippen LogP contribution in [0.2, 0.25) is 0 Å². The van der Waals surface area contributed by atoms with Crippen LogP contribution in [0.5, 0.6) is 0 Å². The van der Waals surface area contributed by atoms with E-state index >= 15 is 0 Å². The van der Waals surface area contributed by atoms with Gasteiger partial charge < -0.3 is 14.9 Å². The molecule has 1 aromatic rings. The van der Waals surface area contributed by atoms with E-state index in [-0.39, 0.29) is 18.1 Å². The van der Waals surface area contributed by atoms with E-state index in [0.29, 0.717) is 0 Å². The van der Waals surface area contributed by atoms with E-state index in [9.17, 15) is 14.9 Å². The highest BCUT2D eigenvalue weighted by Gasteiger charge is 2.16. The van der Waals surface area contributed by atoms with Crippen LogP contribution < -0.4 is 0 Å². The molecule has 0 fully saturated rings. The molecule has 0 radical (unpaired) electrons. The van der Waals surface area contributed by atoms with Crippen molar-refractivity contribution < 1.29 is 14.5 Å². The first-order valence-corrected chi connectivity index (χ1v) is 3.93. The fourth-order valence-corrected chi connectivity index (χ4v) is 0.844. The van der Waals surface area contributed by atoms with Crippen molar-refractivity contribution >= 4 is 11.8 Å². The van der Waals surface area contributed by atoms with E-state index in [1.807, 2.05) is 0 Å². The van der Waals surface area contributed by atoms with Crippen molar-refractivity contribution in [2.75, 3.05) is 6.61 Å². The third kappa shape index (κ3) is 2.25. The van der Waals surface area contributed by atoms with Crippen LogP contribution in [0.25, 0.3) is 0 Å². The van der Waals surface area contributed by atoms with Crippen LogP contribution in [-0.4, -0.2) is 22.5 Å². The van der Waals surface area contributed by atoms with Crippen molar-refractivity contribution in [1.82, 2.24) is 4.98 Å². The first-order valence-electron chi connectivity index (χ1n) is 3.93. The Morgan fingerprint density at radius 3 is 2.93 bits per heavy atom. The van der Waals surface area contributed by atoms with E-state index in [0.717, 1.165) is 0 Å². The van der Waals surface area contributed by atoms with Crippen molar-refractivity contribution in [3.63, 3.8) is 0 Å². The fourth-order valence-electron chi connectivity index (χ4n) is 0.844. The minimum Gasteiger partial charge on any atom is -0.460 e. The van der Waals surface area contributed by atoms with Gasteiger partial charge in [-0.3, -0.25) is 0 Å². The van der Waals surface area contributed by atoms with E-state index in [2.05, 4.69) is 9.72 Å². The maximum Gasteiger partial charge on any atom is 0.383 e. The Labute approximate surface area is 79.7 Å². The van der Waals surface area contributed by atoms with Gasteiger partial charge in [0, 0.05) is 6.07 Å². The van der Waals surface area contributed by atoms with Crippen molar-refractivity contribution in [3.8, 4) is 0 Å². The molecule has 74 valence electrons. The van der Waals surface area contributed by atoms with Gasteiger partial charge in [0.05, 0.1) is 6.61 Å². The molecule has 0 saturated carbocycles. The summed E-state index contributed by atoms with van der Waals surface area (Å²) in [6.45, 7) is 1.86. The minimum atomic E-state index is -0.664. The van der Waals surface area contributed by atoms with E-state index < -0.39 is 10.9 Å². The van der Waals surface area contributed by atoms with Crippen molar-refractivity contribution in [2.45, 2.75) is 6.92 Å². The number of nitrogens with zero attached hydrogens (tertiary/aromatic N) is 2. The summed E-state index contributed by atoms with van der Waals surface area (Å²) in [5.41, 5.74) is -0.0546. The number of hydrogen-bond donors (Lipinski definition) is 0. The molecule has 6 heteroatoms. The van der Waals surface area contributed by atoms with Crippen molar-refractivity contribution in [2.24, 2.45) is 0 Å². The summed E-state index contributed by atoms with van der Waals surface area (Å²) in [5.74, 6) is -1.02. The summed E-state index contributed by atoms with van der Waals surface area (Å²) in [6, 6.07) is 3.96. The molecule has 0 aliphatic rings. The number of esters is 1. The van der Waals surface area contributed by atoms with Gasteiger partial charge in [-0.15, -0.1) is 0 Å². The number of rotatable bonds is 3. The maximum atomic E-state index is 11.1. The lowest BCUT2D eigenvalue weighted by Gasteiger charge is -1.97. The molecule has 1 heterocycles. The molecule has 14 heavy (non-hydrogen) atoms. The molecule has 6 nitrogen and oxygen atoms in total. The topological polar surface area (TPSA) is 82.3 Å². The zero-order valence-corrected chi connectivity index (χ0v) is 7.47. The van der Waals surface area contributed by atoms with Gasteiger partial charge in [0.25, 0.3) is 5.69 Å². The molecule has 0 spiro atoms. The number of pyridine rings is 1. The molecule has 0 saturated heterocycles. The Hall–Kier alpha value is -1.98. The van der Waals surface area contributed by atoms with Gasteiger partial charge in [-0.2, -0.15) is 0 Å². The average molecular weight is 196 g/mol. The molecule has 0 unspecified atom stereocenters. The van der Waals surface area contributed by atoms with Gasteiger partial charge >= 0.3 is 11.8 Å². The molecular weight excluding hydrogens is 188 g/mol. The van der Waals surface area contributed by atoms with Crippen LogP contribution in [-0.2, 0) is 4.74 Å². The molecule has 0 atom stereocenters. The average Bonchev–Trinajstić information content (AvgIpc) is 2.18. The summed E-state index contributed by atoms with van der Waals surface area (Å²) in [4.78, 5) is 24.3. The second-order valence-electron chi connectivity index (χ2n) is 2.36. The highest BCUT2D eigenvalue weighted by Crippen LogP contribution is 2.08. The number of carbonyl (C=O) groups excluding carboxylic acids is 1. The lowest BCUT2D eigenvalue weighted by molar-refractivity contribution is -0.389. The molecule has 0 N–H and O–H groups in total. The Morgan fingerprint density at radius 1 is 1.64 bits per heavy atom. The van der Waals surface area contributed by atoms with Gasteiger partial charge in [-0.1, -0.05) is 0 Å². The predicted molar refractivity (Wildman–Crippen MR) is 46.8 cm³/mol. The molecule has 0 aliphatic carbocycles. The minimum absolute atomic E-state index is 0.0546. The van der Waals surface area contributed by atoms with Crippen molar-refractivity contribution in [3.05, 3.63) is 34.0 Å². The van der Waals surface area contributed by atoms with Crippen LogP contribution in [0.15, 0.2) is 18.2 Å². The largest absolute Gasteiger partial charge is 0.460 e. The molecule has 0 aromatic carbocycles. The van der Waals surface area contributed by atoms with Crippen LogP contribution in [0.1, 0.15) is 17.4 Å². The monoisotopic (exact) mass is 196 g/mol. The maximum absolute atomic E-state index is 11.1. The Kier molecular flexibility index (Phi) is 3.11. The predicted octanol–water partition coefficient (Wildman–Crippen LogP) is 1.17. The standard InChI is InChI=1S/C8H8N2O4/c1-2-14-8(11)6-4-3-5-7(9-6)10(12)13/h3-5H,2H2,1H3. The van der Waals surface area contributed by atoms with E-state index in [1.165, 1.54) is 18.2 Å². The molecule has 0 aliphatic heterocycles. The SMILES string of the molecule is CCOC(=O)c1cccc([N+](=O)[O-])n1. The van der Waals surface area contributed by atoms with Crippen molar-refractivity contribution in [1.29, 1.82) is 0 Å². The van der Waals surface area contributed by atoms with Crippen LogP contribution in [0.4, 0.5) is 5.82 Å². The summed E-state index contributed by atoms with van der Waals surface area (Å²) >= 11 is 0. The first-order chi connectivity index (χ1) is 6.65. The van der Waals surface area contributed by atoms with Crippen LogP contribution in [0.3, 0.4) is 0 Å². The summed E-state index contributed by atoms with van der Waals surface area (Å²) < 4.78 is 4.64. The third-order valence-electron chi connectivity index (χ3n) is 1.41. The van der Waals surface area contributed by atoms with Gasteiger partial charge in [0.1, 0.15) is 0 Å². The van der Waals surface area contributed by atoms with Crippen LogP contribution in [0, 0.1) is 10.1 Å².